The van der Waals surface area contributed by atoms with Crippen LogP contribution in [0, 0.1) is 23.2 Å². The summed E-state index contributed by atoms with van der Waals surface area (Å²) in [4.78, 5) is 26.8. The molecular formula is C46H74ClNO5. The Labute approximate surface area is 327 Å². The van der Waals surface area contributed by atoms with Gasteiger partial charge in [-0.2, -0.15) is 0 Å². The molecule has 3 N–H and O–H groups in total. The number of carbonyl (C=O) groups is 2. The molecule has 2 aliphatic rings. The highest BCUT2D eigenvalue weighted by molar-refractivity contribution is 6.21. The number of anilines is 1. The van der Waals surface area contributed by atoms with Crippen molar-refractivity contribution in [3.63, 3.8) is 0 Å². The number of hydrogen-bond donors (Lipinski definition) is 3. The number of carboxylic acids is 1. The van der Waals surface area contributed by atoms with Gasteiger partial charge in [0.25, 0.3) is 0 Å². The Morgan fingerprint density at radius 3 is 2.06 bits per heavy atom. The van der Waals surface area contributed by atoms with Crippen LogP contribution in [0.3, 0.4) is 0 Å². The van der Waals surface area contributed by atoms with Crippen molar-refractivity contribution >= 4 is 29.2 Å². The van der Waals surface area contributed by atoms with Crippen LogP contribution in [0.25, 0.3) is 0 Å². The van der Waals surface area contributed by atoms with E-state index in [2.05, 4.69) is 26.0 Å². The van der Waals surface area contributed by atoms with Gasteiger partial charge in [-0.3, -0.25) is 9.59 Å². The highest BCUT2D eigenvalue weighted by atomic mass is 35.5. The molecule has 3 rings (SSSR count). The van der Waals surface area contributed by atoms with E-state index in [0.29, 0.717) is 32.1 Å². The zero-order valence-electron chi connectivity index (χ0n) is 33.5. The predicted octanol–water partition coefficient (Wildman–Crippen LogP) is 11.6. The van der Waals surface area contributed by atoms with E-state index in [1.165, 1.54) is 95.5 Å². The van der Waals surface area contributed by atoms with Crippen LogP contribution in [0.4, 0.5) is 5.69 Å². The summed E-state index contributed by atoms with van der Waals surface area (Å²) < 4.78 is 0. The number of halogens is 1. The lowest BCUT2D eigenvalue weighted by molar-refractivity contribution is -0.143. The molecule has 6 nitrogen and oxygen atoms in total. The fraction of sp³-hybridized carbons (Fsp3) is 0.739. The molecular weight excluding hydrogens is 682 g/mol. The highest BCUT2D eigenvalue weighted by Crippen LogP contribution is 2.48. The van der Waals surface area contributed by atoms with Crippen LogP contribution in [-0.2, 0) is 16.0 Å². The first-order valence-corrected chi connectivity index (χ1v) is 22.0. The fourth-order valence-corrected chi connectivity index (χ4v) is 8.99. The maximum Gasteiger partial charge on any atom is 0.307 e. The molecule has 2 saturated carbocycles. The summed E-state index contributed by atoms with van der Waals surface area (Å²) in [6.07, 6.45) is 32.9. The van der Waals surface area contributed by atoms with Gasteiger partial charge in [0, 0.05) is 30.5 Å². The van der Waals surface area contributed by atoms with Crippen LogP contribution in [0.2, 0.25) is 0 Å². The van der Waals surface area contributed by atoms with E-state index in [1.54, 1.807) is 11.9 Å². The Morgan fingerprint density at radius 1 is 0.906 bits per heavy atom. The second-order valence-corrected chi connectivity index (χ2v) is 17.0. The fourth-order valence-electron chi connectivity index (χ4n) is 8.54. The van der Waals surface area contributed by atoms with E-state index < -0.39 is 18.0 Å². The minimum Gasteiger partial charge on any atom is -0.481 e. The minimum atomic E-state index is -0.952. The van der Waals surface area contributed by atoms with Gasteiger partial charge < -0.3 is 20.2 Å². The number of rotatable bonds is 28. The molecule has 1 unspecified atom stereocenters. The Balaban J connectivity index is 1.33. The highest BCUT2D eigenvalue weighted by Gasteiger charge is 2.42. The van der Waals surface area contributed by atoms with Crippen molar-refractivity contribution in [3.05, 3.63) is 54.1 Å². The van der Waals surface area contributed by atoms with Crippen molar-refractivity contribution in [1.82, 2.24) is 0 Å². The van der Waals surface area contributed by atoms with Crippen molar-refractivity contribution in [2.24, 2.45) is 23.2 Å². The van der Waals surface area contributed by atoms with Gasteiger partial charge in [-0.05, 0) is 93.2 Å². The molecule has 53 heavy (non-hydrogen) atoms. The second-order valence-electron chi connectivity index (χ2n) is 16.4. The number of aliphatic carboxylic acids is 1. The first-order valence-electron chi connectivity index (χ1n) is 21.5. The number of carbonyl (C=O) groups excluding carboxylic acids is 1. The topological polar surface area (TPSA) is 98.1 Å². The van der Waals surface area contributed by atoms with Crippen LogP contribution in [0.1, 0.15) is 167 Å². The molecule has 0 aromatic heterocycles. The molecule has 0 radical (unpaired) electrons. The number of aliphatic hydroxyl groups is 2. The average molecular weight is 757 g/mol. The van der Waals surface area contributed by atoms with Gasteiger partial charge in [0.1, 0.15) is 0 Å². The van der Waals surface area contributed by atoms with Crippen LogP contribution in [0.15, 0.2) is 48.6 Å². The summed E-state index contributed by atoms with van der Waals surface area (Å²) >= 11 is 6.66. The molecule has 1 aromatic rings. The molecule has 0 aliphatic heterocycles. The van der Waals surface area contributed by atoms with E-state index in [9.17, 15) is 24.9 Å². The zero-order valence-corrected chi connectivity index (χ0v) is 34.3. The normalized spacial score (nSPS) is 22.3. The smallest absolute Gasteiger partial charge is 0.307 e. The largest absolute Gasteiger partial charge is 0.481 e. The van der Waals surface area contributed by atoms with Crippen LogP contribution in [0.5, 0.6) is 0 Å². The summed E-state index contributed by atoms with van der Waals surface area (Å²) in [6, 6.07) is 8.13. The van der Waals surface area contributed by atoms with Gasteiger partial charge in [-0.1, -0.05) is 134 Å². The lowest BCUT2D eigenvalue weighted by Gasteiger charge is -2.45. The molecule has 1 aromatic carbocycles. The van der Waals surface area contributed by atoms with E-state index >= 15 is 0 Å². The molecule has 0 bridgehead atoms. The van der Waals surface area contributed by atoms with E-state index in [4.69, 9.17) is 11.6 Å². The monoisotopic (exact) mass is 756 g/mol. The van der Waals surface area contributed by atoms with Crippen molar-refractivity contribution in [2.45, 2.75) is 186 Å². The van der Waals surface area contributed by atoms with Crippen LogP contribution < -0.4 is 4.90 Å². The molecule has 7 heteroatoms. The van der Waals surface area contributed by atoms with Crippen molar-refractivity contribution in [2.75, 3.05) is 11.9 Å². The number of unbranched alkanes of at least 4 members (excludes halogenated alkanes) is 12. The number of allylic oxidation sites excluding steroid dienone is 2. The van der Waals surface area contributed by atoms with Crippen molar-refractivity contribution < 1.29 is 24.9 Å². The molecule has 2 fully saturated rings. The Morgan fingerprint density at radius 2 is 1.51 bits per heavy atom. The quantitative estimate of drug-likeness (QED) is 0.0449. The number of alkyl halides is 1. The summed E-state index contributed by atoms with van der Waals surface area (Å²) in [6.45, 7) is 4.43. The van der Waals surface area contributed by atoms with E-state index in [1.807, 2.05) is 36.4 Å². The minimum absolute atomic E-state index is 0.0447. The van der Waals surface area contributed by atoms with E-state index in [0.717, 1.165) is 31.4 Å². The lowest BCUT2D eigenvalue weighted by atomic mass is 9.63. The van der Waals surface area contributed by atoms with Gasteiger partial charge in [0.05, 0.1) is 18.1 Å². The number of benzene rings is 1. The summed E-state index contributed by atoms with van der Waals surface area (Å²) in [7, 11) is 1.72. The van der Waals surface area contributed by atoms with Crippen molar-refractivity contribution in [3.8, 4) is 0 Å². The van der Waals surface area contributed by atoms with E-state index in [-0.39, 0.29) is 41.1 Å². The Bertz CT molecular complexity index is 1220. The molecule has 0 spiro atoms. The van der Waals surface area contributed by atoms with Crippen LogP contribution >= 0.6 is 11.6 Å². The van der Waals surface area contributed by atoms with Gasteiger partial charge in [0.2, 0.25) is 5.91 Å². The first kappa shape index (κ1) is 45.2. The summed E-state index contributed by atoms with van der Waals surface area (Å²) in [5, 5.41) is 31.2. The van der Waals surface area contributed by atoms with Gasteiger partial charge in [0.15, 0.2) is 0 Å². The molecule has 300 valence electrons. The third-order valence-electron chi connectivity index (χ3n) is 12.6. The van der Waals surface area contributed by atoms with Gasteiger partial charge >= 0.3 is 5.97 Å². The number of hydrogen-bond acceptors (Lipinski definition) is 4. The maximum absolute atomic E-state index is 13.1. The second kappa shape index (κ2) is 25.1. The maximum atomic E-state index is 13.1. The zero-order chi connectivity index (χ0) is 38.5. The van der Waals surface area contributed by atoms with Gasteiger partial charge in [-0.25, -0.2) is 0 Å². The SMILES string of the molecule is CCCCCCCCCCCCCCCc1ccc(N(C)C(=O)CC(CC/C=C\C[C@@H]2[C@@H](/C=C/C[C@H](O)C3(CC)CCC3)[C@H](O)C[C@H]2Cl)C(=O)O)cc1. The predicted molar refractivity (Wildman–Crippen MR) is 222 cm³/mol. The number of carboxylic acid groups (broad SMARTS) is 1. The average Bonchev–Trinajstić information content (AvgIpc) is 3.39. The first-order chi connectivity index (χ1) is 25.6. The molecule has 0 heterocycles. The summed E-state index contributed by atoms with van der Waals surface area (Å²) in [5.41, 5.74) is 2.12. The molecule has 1 amide bonds. The number of nitrogens with zero attached hydrogens (tertiary/aromatic N) is 1. The van der Waals surface area contributed by atoms with Crippen LogP contribution in [-0.4, -0.2) is 51.8 Å². The third-order valence-corrected chi connectivity index (χ3v) is 13.1. The number of aliphatic hydroxyl groups excluding tert-OH is 2. The van der Waals surface area contributed by atoms with Gasteiger partial charge in [-0.15, -0.1) is 11.6 Å². The Kier molecular flexibility index (Phi) is 21.4. The number of aryl methyl sites for hydroxylation is 1. The summed E-state index contributed by atoms with van der Waals surface area (Å²) in [5.74, 6) is -1.90. The van der Waals surface area contributed by atoms with Crippen molar-refractivity contribution in [1.29, 1.82) is 0 Å². The number of amides is 1. The molecule has 2 aliphatic carbocycles. The standard InChI is InChI=1S/C46H74ClNO5/c1-4-6-7-8-9-10-11-12-13-14-15-16-18-23-36-28-30-38(31-29-36)48(3)44(51)34-37(45(52)53)24-19-17-20-25-39-40(42(49)35-41(39)47)26-21-27-43(50)46(5-2)32-22-33-46/h17,20-21,26,28-31,37,39-43,49-50H,4-16,18-19,22-25,27,32-35H2,1-3H3,(H,52,53)/b20-17-,26-21+/t37?,39-,40-,41-,42-,43+/m1/s1. The molecule has 0 saturated heterocycles. The third kappa shape index (κ3) is 15.5. The molecule has 6 atom stereocenters. The lowest BCUT2D eigenvalue weighted by Crippen LogP contribution is -2.40. The Hall–Kier alpha value is -2.15.